The van der Waals surface area contributed by atoms with Crippen LogP contribution in [0, 0.1) is 13.8 Å². The Morgan fingerprint density at radius 1 is 1.35 bits per heavy atom. The smallest absolute Gasteiger partial charge is 0.141 e. The summed E-state index contributed by atoms with van der Waals surface area (Å²) in [5.74, 6) is 2.61. The standard InChI is InChI=1S/C13H21N3S/c1-8(7-14)12-9(2)15-13(16-10(12)3)11-5-4-6-17-11/h8,11H,4-7,14H2,1-3H3. The van der Waals surface area contributed by atoms with Crippen molar-refractivity contribution < 1.29 is 0 Å². The minimum Gasteiger partial charge on any atom is -0.330 e. The van der Waals surface area contributed by atoms with Crippen molar-refractivity contribution >= 4 is 11.8 Å². The first-order valence-electron chi connectivity index (χ1n) is 6.30. The first-order chi connectivity index (χ1) is 8.13. The average Bonchev–Trinajstić information content (AvgIpc) is 2.81. The molecule has 1 aliphatic heterocycles. The highest BCUT2D eigenvalue weighted by Gasteiger charge is 2.22. The maximum absolute atomic E-state index is 5.74. The molecule has 1 aromatic rings. The van der Waals surface area contributed by atoms with Gasteiger partial charge in [-0.1, -0.05) is 6.92 Å². The van der Waals surface area contributed by atoms with Crippen LogP contribution >= 0.6 is 11.8 Å². The molecule has 0 radical (unpaired) electrons. The molecule has 1 fully saturated rings. The van der Waals surface area contributed by atoms with E-state index in [1.54, 1.807) is 0 Å². The van der Waals surface area contributed by atoms with E-state index in [0.717, 1.165) is 17.2 Å². The van der Waals surface area contributed by atoms with E-state index >= 15 is 0 Å². The summed E-state index contributed by atoms with van der Waals surface area (Å²) in [7, 11) is 0. The minimum absolute atomic E-state index is 0.347. The number of hydrogen-bond acceptors (Lipinski definition) is 4. The number of hydrogen-bond donors (Lipinski definition) is 1. The third-order valence-corrected chi connectivity index (χ3v) is 4.78. The lowest BCUT2D eigenvalue weighted by molar-refractivity contribution is 0.714. The second-order valence-electron chi connectivity index (χ2n) is 4.80. The number of nitrogens with zero attached hydrogens (tertiary/aromatic N) is 2. The molecule has 0 bridgehead atoms. The van der Waals surface area contributed by atoms with Gasteiger partial charge in [0, 0.05) is 11.4 Å². The molecule has 0 spiro atoms. The lowest BCUT2D eigenvalue weighted by Gasteiger charge is -2.17. The summed E-state index contributed by atoms with van der Waals surface area (Å²) in [5.41, 5.74) is 9.20. The van der Waals surface area contributed by atoms with Gasteiger partial charge in [0.2, 0.25) is 0 Å². The van der Waals surface area contributed by atoms with Crippen molar-refractivity contribution in [1.82, 2.24) is 9.97 Å². The number of aryl methyl sites for hydroxylation is 2. The van der Waals surface area contributed by atoms with Crippen LogP contribution in [0.3, 0.4) is 0 Å². The fraction of sp³-hybridized carbons (Fsp3) is 0.692. The average molecular weight is 251 g/mol. The molecular formula is C13H21N3S. The topological polar surface area (TPSA) is 51.8 Å². The summed E-state index contributed by atoms with van der Waals surface area (Å²) in [6.07, 6.45) is 2.51. The summed E-state index contributed by atoms with van der Waals surface area (Å²) in [6.45, 7) is 6.96. The normalized spacial score (nSPS) is 21.8. The Morgan fingerprint density at radius 3 is 2.47 bits per heavy atom. The van der Waals surface area contributed by atoms with Crippen molar-refractivity contribution in [3.05, 3.63) is 22.8 Å². The van der Waals surface area contributed by atoms with E-state index in [-0.39, 0.29) is 0 Å². The first kappa shape index (κ1) is 12.8. The molecule has 1 aliphatic rings. The Kier molecular flexibility index (Phi) is 4.05. The molecule has 2 N–H and O–H groups in total. The molecule has 2 rings (SSSR count). The molecule has 94 valence electrons. The van der Waals surface area contributed by atoms with Gasteiger partial charge in [-0.05, 0) is 50.5 Å². The Morgan fingerprint density at radius 2 is 2.00 bits per heavy atom. The van der Waals surface area contributed by atoms with E-state index in [9.17, 15) is 0 Å². The Balaban J connectivity index is 2.33. The quantitative estimate of drug-likeness (QED) is 0.897. The third kappa shape index (κ3) is 2.63. The molecule has 1 saturated heterocycles. The van der Waals surface area contributed by atoms with Crippen LogP contribution in [0.4, 0.5) is 0 Å². The van der Waals surface area contributed by atoms with Gasteiger partial charge in [0.05, 0.1) is 5.25 Å². The molecule has 0 aliphatic carbocycles. The third-order valence-electron chi connectivity index (χ3n) is 3.41. The molecule has 17 heavy (non-hydrogen) atoms. The summed E-state index contributed by atoms with van der Waals surface area (Å²) < 4.78 is 0. The van der Waals surface area contributed by atoms with E-state index in [1.165, 1.54) is 24.2 Å². The lowest BCUT2D eigenvalue weighted by atomic mass is 9.98. The highest BCUT2D eigenvalue weighted by Crippen LogP contribution is 2.38. The van der Waals surface area contributed by atoms with E-state index in [1.807, 2.05) is 11.8 Å². The predicted molar refractivity (Wildman–Crippen MR) is 73.4 cm³/mol. The highest BCUT2D eigenvalue weighted by molar-refractivity contribution is 7.99. The Labute approximate surface area is 108 Å². The van der Waals surface area contributed by atoms with Gasteiger partial charge in [-0.3, -0.25) is 0 Å². The van der Waals surface area contributed by atoms with Crippen LogP contribution in [-0.4, -0.2) is 22.3 Å². The largest absolute Gasteiger partial charge is 0.330 e. The molecule has 2 unspecified atom stereocenters. The van der Waals surface area contributed by atoms with Crippen molar-refractivity contribution in [3.8, 4) is 0 Å². The monoisotopic (exact) mass is 251 g/mol. The van der Waals surface area contributed by atoms with Crippen LogP contribution in [0.2, 0.25) is 0 Å². The minimum atomic E-state index is 0.347. The Bertz CT molecular complexity index is 377. The zero-order valence-corrected chi connectivity index (χ0v) is 11.7. The van der Waals surface area contributed by atoms with Gasteiger partial charge in [0.25, 0.3) is 0 Å². The van der Waals surface area contributed by atoms with Gasteiger partial charge in [-0.25, -0.2) is 9.97 Å². The van der Waals surface area contributed by atoms with E-state index in [2.05, 4.69) is 20.8 Å². The van der Waals surface area contributed by atoms with Gasteiger partial charge in [-0.15, -0.1) is 0 Å². The molecule has 4 heteroatoms. The molecule has 2 heterocycles. The number of thioether (sulfide) groups is 1. The van der Waals surface area contributed by atoms with Crippen LogP contribution in [-0.2, 0) is 0 Å². The first-order valence-corrected chi connectivity index (χ1v) is 7.35. The second-order valence-corrected chi connectivity index (χ2v) is 6.12. The second kappa shape index (κ2) is 5.36. The zero-order chi connectivity index (χ0) is 12.4. The van der Waals surface area contributed by atoms with Crippen LogP contribution in [0.1, 0.15) is 53.7 Å². The summed E-state index contributed by atoms with van der Waals surface area (Å²) in [6, 6.07) is 0. The fourth-order valence-electron chi connectivity index (χ4n) is 2.51. The summed E-state index contributed by atoms with van der Waals surface area (Å²) in [4.78, 5) is 9.40. The lowest BCUT2D eigenvalue weighted by Crippen LogP contribution is -2.15. The molecule has 0 saturated carbocycles. The van der Waals surface area contributed by atoms with Crippen molar-refractivity contribution in [2.75, 3.05) is 12.3 Å². The van der Waals surface area contributed by atoms with Gasteiger partial charge in [0.15, 0.2) is 0 Å². The number of aromatic nitrogens is 2. The molecule has 3 nitrogen and oxygen atoms in total. The molecule has 1 aromatic heterocycles. The van der Waals surface area contributed by atoms with E-state index in [4.69, 9.17) is 15.7 Å². The molecular weight excluding hydrogens is 230 g/mol. The SMILES string of the molecule is Cc1nc(C2CCCS2)nc(C)c1C(C)CN. The maximum Gasteiger partial charge on any atom is 0.141 e. The number of rotatable bonds is 3. The molecule has 0 aromatic carbocycles. The van der Waals surface area contributed by atoms with Crippen molar-refractivity contribution in [2.24, 2.45) is 5.73 Å². The van der Waals surface area contributed by atoms with E-state index in [0.29, 0.717) is 17.7 Å². The molecule has 0 amide bonds. The highest BCUT2D eigenvalue weighted by atomic mass is 32.2. The van der Waals surface area contributed by atoms with Gasteiger partial charge in [0.1, 0.15) is 5.82 Å². The van der Waals surface area contributed by atoms with Crippen LogP contribution in [0.5, 0.6) is 0 Å². The van der Waals surface area contributed by atoms with Crippen molar-refractivity contribution in [3.63, 3.8) is 0 Å². The molecule has 2 atom stereocenters. The van der Waals surface area contributed by atoms with Crippen molar-refractivity contribution in [2.45, 2.75) is 44.8 Å². The number of nitrogens with two attached hydrogens (primary N) is 1. The van der Waals surface area contributed by atoms with Gasteiger partial charge in [-0.2, -0.15) is 11.8 Å². The van der Waals surface area contributed by atoms with Crippen LogP contribution in [0.25, 0.3) is 0 Å². The van der Waals surface area contributed by atoms with Crippen molar-refractivity contribution in [1.29, 1.82) is 0 Å². The summed E-state index contributed by atoms with van der Waals surface area (Å²) >= 11 is 1.98. The van der Waals surface area contributed by atoms with Crippen LogP contribution < -0.4 is 5.73 Å². The van der Waals surface area contributed by atoms with Gasteiger partial charge >= 0.3 is 0 Å². The predicted octanol–water partition coefficient (Wildman–Crippen LogP) is 2.72. The van der Waals surface area contributed by atoms with Gasteiger partial charge < -0.3 is 5.73 Å². The fourth-order valence-corrected chi connectivity index (χ4v) is 3.71. The maximum atomic E-state index is 5.74. The zero-order valence-electron chi connectivity index (χ0n) is 10.9. The summed E-state index contributed by atoms with van der Waals surface area (Å²) in [5, 5.41) is 0.509. The Hall–Kier alpha value is -0.610. The van der Waals surface area contributed by atoms with E-state index < -0.39 is 0 Å². The van der Waals surface area contributed by atoms with Crippen LogP contribution in [0.15, 0.2) is 0 Å².